The first-order chi connectivity index (χ1) is 4.68. The van der Waals surface area contributed by atoms with Crippen molar-refractivity contribution in [1.29, 1.82) is 0 Å². The Kier molecular flexibility index (Phi) is 2.81. The predicted octanol–water partition coefficient (Wildman–Crippen LogP) is 1.94. The van der Waals surface area contributed by atoms with E-state index in [2.05, 4.69) is 0 Å². The summed E-state index contributed by atoms with van der Waals surface area (Å²) in [5.74, 6) is 0. The molecule has 0 aromatic carbocycles. The van der Waals surface area contributed by atoms with Gasteiger partial charge >= 0.3 is 0 Å². The van der Waals surface area contributed by atoms with Gasteiger partial charge in [-0.05, 0) is 6.42 Å². The summed E-state index contributed by atoms with van der Waals surface area (Å²) in [5.41, 5.74) is -0.200. The predicted molar refractivity (Wildman–Crippen MR) is 40.4 cm³/mol. The fraction of sp³-hybridized carbons (Fsp3) is 1.00. The minimum atomic E-state index is -0.733. The van der Waals surface area contributed by atoms with E-state index in [1.807, 2.05) is 6.92 Å². The first-order valence-corrected chi connectivity index (χ1v) is 4.09. The molecule has 4 heteroatoms. The normalized spacial score (nSPS) is 22.8. The Morgan fingerprint density at radius 2 is 2.20 bits per heavy atom. The van der Waals surface area contributed by atoms with Crippen LogP contribution >= 0.6 is 23.2 Å². The highest BCUT2D eigenvalue weighted by Crippen LogP contribution is 2.28. The summed E-state index contributed by atoms with van der Waals surface area (Å²) in [4.78, 5) is 0. The van der Waals surface area contributed by atoms with Crippen LogP contribution in [0.4, 0.5) is 0 Å². The van der Waals surface area contributed by atoms with Gasteiger partial charge in [0.1, 0.15) is 5.60 Å². The highest BCUT2D eigenvalue weighted by atomic mass is 35.5. The van der Waals surface area contributed by atoms with E-state index in [0.717, 1.165) is 6.42 Å². The Bertz CT molecular complexity index is 107. The van der Waals surface area contributed by atoms with Crippen molar-refractivity contribution in [2.45, 2.75) is 24.0 Å². The number of rotatable bonds is 3. The topological polar surface area (TPSA) is 18.5 Å². The minimum Gasteiger partial charge on any atom is -0.375 e. The zero-order valence-electron chi connectivity index (χ0n) is 5.77. The lowest BCUT2D eigenvalue weighted by Crippen LogP contribution is -2.52. The first-order valence-electron chi connectivity index (χ1n) is 3.22. The molecule has 0 saturated carbocycles. The van der Waals surface area contributed by atoms with E-state index >= 15 is 0 Å². The lowest BCUT2D eigenvalue weighted by molar-refractivity contribution is -0.207. The summed E-state index contributed by atoms with van der Waals surface area (Å²) >= 11 is 10.9. The summed E-state index contributed by atoms with van der Waals surface area (Å²) < 4.78 is 10.2. The van der Waals surface area contributed by atoms with Crippen molar-refractivity contribution in [3.8, 4) is 0 Å². The lowest BCUT2D eigenvalue weighted by atomic mass is 9.99. The van der Waals surface area contributed by atoms with Crippen molar-refractivity contribution in [3.63, 3.8) is 0 Å². The van der Waals surface area contributed by atoms with Crippen LogP contribution in [0.3, 0.4) is 0 Å². The lowest BCUT2D eigenvalue weighted by Gasteiger charge is -2.40. The molecular formula is C6H10Cl2O2. The molecule has 1 fully saturated rings. The Morgan fingerprint density at radius 3 is 2.30 bits per heavy atom. The first kappa shape index (κ1) is 8.60. The van der Waals surface area contributed by atoms with E-state index in [-0.39, 0.29) is 5.60 Å². The van der Waals surface area contributed by atoms with Crippen LogP contribution in [-0.4, -0.2) is 23.8 Å². The summed E-state index contributed by atoms with van der Waals surface area (Å²) in [6, 6.07) is 0. The molecule has 1 aliphatic heterocycles. The van der Waals surface area contributed by atoms with Crippen LogP contribution < -0.4 is 0 Å². The van der Waals surface area contributed by atoms with Crippen molar-refractivity contribution >= 4 is 23.2 Å². The molecular weight excluding hydrogens is 175 g/mol. The second-order valence-electron chi connectivity index (χ2n) is 2.41. The molecule has 1 saturated heterocycles. The molecule has 0 N–H and O–H groups in total. The molecule has 0 aliphatic carbocycles. The van der Waals surface area contributed by atoms with E-state index < -0.39 is 5.02 Å². The Labute approximate surface area is 70.4 Å². The number of alkyl halides is 2. The van der Waals surface area contributed by atoms with E-state index in [0.29, 0.717) is 13.2 Å². The fourth-order valence-corrected chi connectivity index (χ4v) is 1.25. The molecule has 0 spiro atoms. The Hall–Kier alpha value is 0.500. The second kappa shape index (κ2) is 3.26. The minimum absolute atomic E-state index is 0.200. The van der Waals surface area contributed by atoms with Crippen molar-refractivity contribution in [2.24, 2.45) is 0 Å². The van der Waals surface area contributed by atoms with E-state index in [9.17, 15) is 0 Å². The number of ether oxygens (including phenoxy) is 2. The van der Waals surface area contributed by atoms with Gasteiger partial charge in [-0.25, -0.2) is 0 Å². The molecule has 0 bridgehead atoms. The molecule has 0 atom stereocenters. The molecule has 0 radical (unpaired) electrons. The average Bonchev–Trinajstić information content (AvgIpc) is 1.78. The van der Waals surface area contributed by atoms with Crippen molar-refractivity contribution in [2.75, 3.05) is 13.2 Å². The van der Waals surface area contributed by atoms with Crippen LogP contribution in [0.5, 0.6) is 0 Å². The maximum absolute atomic E-state index is 5.44. The van der Waals surface area contributed by atoms with Crippen molar-refractivity contribution in [3.05, 3.63) is 0 Å². The Balaban J connectivity index is 2.33. The van der Waals surface area contributed by atoms with Crippen LogP contribution in [0, 0.1) is 0 Å². The maximum Gasteiger partial charge on any atom is 0.207 e. The molecule has 10 heavy (non-hydrogen) atoms. The quantitative estimate of drug-likeness (QED) is 0.625. The van der Waals surface area contributed by atoms with Crippen LogP contribution in [0.2, 0.25) is 0 Å². The van der Waals surface area contributed by atoms with Crippen LogP contribution in [0.1, 0.15) is 13.3 Å². The molecule has 60 valence electrons. The maximum atomic E-state index is 5.44. The summed E-state index contributed by atoms with van der Waals surface area (Å²) in [5, 5.41) is -0.733. The van der Waals surface area contributed by atoms with Gasteiger partial charge in [0.15, 0.2) is 0 Å². The third-order valence-corrected chi connectivity index (χ3v) is 1.89. The van der Waals surface area contributed by atoms with Gasteiger partial charge in [0.05, 0.1) is 13.2 Å². The van der Waals surface area contributed by atoms with Gasteiger partial charge in [-0.2, -0.15) is 0 Å². The average molecular weight is 185 g/mol. The van der Waals surface area contributed by atoms with Gasteiger partial charge in [-0.1, -0.05) is 30.1 Å². The summed E-state index contributed by atoms with van der Waals surface area (Å²) in [7, 11) is 0. The molecule has 2 nitrogen and oxygen atoms in total. The van der Waals surface area contributed by atoms with E-state index in [1.54, 1.807) is 0 Å². The number of halogens is 2. The van der Waals surface area contributed by atoms with Gasteiger partial charge in [-0.15, -0.1) is 0 Å². The van der Waals surface area contributed by atoms with Gasteiger partial charge < -0.3 is 9.47 Å². The highest BCUT2D eigenvalue weighted by molar-refractivity contribution is 6.43. The van der Waals surface area contributed by atoms with Gasteiger partial charge in [0.2, 0.25) is 5.02 Å². The SMILES string of the molecule is CCC1(OC(Cl)Cl)COC1. The monoisotopic (exact) mass is 184 g/mol. The van der Waals surface area contributed by atoms with E-state index in [1.165, 1.54) is 0 Å². The molecule has 0 aromatic rings. The van der Waals surface area contributed by atoms with Crippen molar-refractivity contribution < 1.29 is 9.47 Å². The third-order valence-electron chi connectivity index (χ3n) is 1.71. The largest absolute Gasteiger partial charge is 0.375 e. The molecule has 0 aromatic heterocycles. The second-order valence-corrected chi connectivity index (χ2v) is 3.42. The molecule has 0 amide bonds. The summed E-state index contributed by atoms with van der Waals surface area (Å²) in [6.07, 6.45) is 0.892. The van der Waals surface area contributed by atoms with Crippen molar-refractivity contribution in [1.82, 2.24) is 0 Å². The highest BCUT2D eigenvalue weighted by Gasteiger charge is 2.39. The molecule has 1 heterocycles. The molecule has 1 aliphatic rings. The zero-order valence-corrected chi connectivity index (χ0v) is 7.28. The zero-order chi connectivity index (χ0) is 7.61. The van der Waals surface area contributed by atoms with Gasteiger partial charge in [0, 0.05) is 0 Å². The van der Waals surface area contributed by atoms with Gasteiger partial charge in [0.25, 0.3) is 0 Å². The van der Waals surface area contributed by atoms with Gasteiger partial charge in [-0.3, -0.25) is 0 Å². The fourth-order valence-electron chi connectivity index (χ4n) is 0.874. The molecule has 1 rings (SSSR count). The summed E-state index contributed by atoms with van der Waals surface area (Å²) in [6.45, 7) is 3.25. The third kappa shape index (κ3) is 1.76. The number of hydrogen-bond acceptors (Lipinski definition) is 2. The Morgan fingerprint density at radius 1 is 1.60 bits per heavy atom. The molecule has 0 unspecified atom stereocenters. The smallest absolute Gasteiger partial charge is 0.207 e. The number of hydrogen-bond donors (Lipinski definition) is 0. The standard InChI is InChI=1S/C6H10Cl2O2/c1-2-6(3-9-4-6)10-5(7)8/h5H,2-4H2,1H3. The van der Waals surface area contributed by atoms with Crippen LogP contribution in [-0.2, 0) is 9.47 Å². The van der Waals surface area contributed by atoms with Crippen LogP contribution in [0.25, 0.3) is 0 Å². The van der Waals surface area contributed by atoms with E-state index in [4.69, 9.17) is 32.7 Å². The van der Waals surface area contributed by atoms with Crippen LogP contribution in [0.15, 0.2) is 0 Å².